The van der Waals surface area contributed by atoms with Crippen molar-refractivity contribution in [2.24, 2.45) is 5.73 Å². The van der Waals surface area contributed by atoms with Gasteiger partial charge in [0.2, 0.25) is 17.7 Å². The number of primary amides is 1. The second-order valence-electron chi connectivity index (χ2n) is 5.44. The number of thioether (sulfide) groups is 1. The van der Waals surface area contributed by atoms with Gasteiger partial charge in [0.15, 0.2) is 0 Å². The summed E-state index contributed by atoms with van der Waals surface area (Å²) in [5.74, 6) is -1.28. The number of fused-ring (bicyclic) bond motifs is 1. The normalized spacial score (nSPS) is 20.4. The molecule has 2 aliphatic rings. The van der Waals surface area contributed by atoms with Crippen molar-refractivity contribution in [1.82, 2.24) is 10.2 Å². The molecule has 0 radical (unpaired) electrons. The molecule has 1 aromatic carbocycles. The monoisotopic (exact) mass is 333 g/mol. The molecule has 7 nitrogen and oxygen atoms in total. The first kappa shape index (κ1) is 15.5. The quantitative estimate of drug-likeness (QED) is 0.596. The molecule has 8 heteroatoms. The van der Waals surface area contributed by atoms with Crippen molar-refractivity contribution in [3.63, 3.8) is 0 Å². The van der Waals surface area contributed by atoms with Crippen LogP contribution in [-0.4, -0.2) is 40.3 Å². The van der Waals surface area contributed by atoms with Gasteiger partial charge in [0.1, 0.15) is 6.04 Å². The van der Waals surface area contributed by atoms with Crippen LogP contribution in [0.1, 0.15) is 28.8 Å². The summed E-state index contributed by atoms with van der Waals surface area (Å²) in [6.45, 7) is 0.294. The van der Waals surface area contributed by atoms with Crippen molar-refractivity contribution in [3.8, 4) is 0 Å². The number of rotatable bonds is 4. The molecule has 0 saturated carbocycles. The zero-order chi connectivity index (χ0) is 16.6. The summed E-state index contributed by atoms with van der Waals surface area (Å²) < 4.78 is 0. The van der Waals surface area contributed by atoms with Crippen molar-refractivity contribution in [3.05, 3.63) is 29.3 Å². The Bertz CT molecular complexity index is 719. The van der Waals surface area contributed by atoms with E-state index in [-0.39, 0.29) is 24.0 Å². The molecule has 1 saturated heterocycles. The lowest BCUT2D eigenvalue weighted by atomic mass is 10.0. The molecule has 2 heterocycles. The third-order valence-electron chi connectivity index (χ3n) is 3.91. The van der Waals surface area contributed by atoms with E-state index in [9.17, 15) is 19.2 Å². The van der Waals surface area contributed by atoms with Crippen LogP contribution in [-0.2, 0) is 20.9 Å². The summed E-state index contributed by atoms with van der Waals surface area (Å²) in [5.41, 5.74) is 6.50. The van der Waals surface area contributed by atoms with Crippen LogP contribution in [0.3, 0.4) is 0 Å². The van der Waals surface area contributed by atoms with Gasteiger partial charge in [0, 0.05) is 23.4 Å². The lowest BCUT2D eigenvalue weighted by Gasteiger charge is -2.29. The van der Waals surface area contributed by atoms with Crippen LogP contribution in [0.25, 0.3) is 0 Å². The maximum atomic E-state index is 12.6. The van der Waals surface area contributed by atoms with E-state index in [0.29, 0.717) is 18.5 Å². The Hall–Kier alpha value is -2.35. The lowest BCUT2D eigenvalue weighted by Crippen LogP contribution is -2.52. The third-order valence-corrected chi connectivity index (χ3v) is 5.03. The highest BCUT2D eigenvalue weighted by molar-refractivity contribution is 8.00. The molecule has 1 unspecified atom stereocenters. The molecule has 120 valence electrons. The number of hydrogen-bond donors (Lipinski definition) is 2. The summed E-state index contributed by atoms with van der Waals surface area (Å²) in [4.78, 5) is 49.1. The lowest BCUT2D eigenvalue weighted by molar-refractivity contribution is -0.137. The number of nitrogens with zero attached hydrogens (tertiary/aromatic N) is 1. The molecule has 1 fully saturated rings. The molecule has 3 N–H and O–H groups in total. The number of hydrogen-bond acceptors (Lipinski definition) is 5. The molecule has 1 aromatic rings. The molecule has 0 aliphatic carbocycles. The zero-order valence-electron chi connectivity index (χ0n) is 12.2. The molecule has 0 aromatic heterocycles. The van der Waals surface area contributed by atoms with Crippen molar-refractivity contribution in [2.45, 2.75) is 30.3 Å². The van der Waals surface area contributed by atoms with Crippen molar-refractivity contribution in [1.29, 1.82) is 0 Å². The number of amides is 4. The van der Waals surface area contributed by atoms with Crippen LogP contribution in [0.4, 0.5) is 0 Å². The van der Waals surface area contributed by atoms with E-state index >= 15 is 0 Å². The molecule has 23 heavy (non-hydrogen) atoms. The van der Waals surface area contributed by atoms with Crippen molar-refractivity contribution >= 4 is 35.4 Å². The maximum Gasteiger partial charge on any atom is 0.255 e. The third kappa shape index (κ3) is 2.94. The number of nitrogens with two attached hydrogens (primary N) is 1. The predicted octanol–water partition coefficient (Wildman–Crippen LogP) is 0.0250. The zero-order valence-corrected chi connectivity index (χ0v) is 13.0. The summed E-state index contributed by atoms with van der Waals surface area (Å²) in [6.07, 6.45) is 0.550. The molecule has 3 rings (SSSR count). The molecule has 2 aliphatic heterocycles. The van der Waals surface area contributed by atoms with E-state index in [2.05, 4.69) is 5.32 Å². The summed E-state index contributed by atoms with van der Waals surface area (Å²) >= 11 is 1.28. The van der Waals surface area contributed by atoms with Gasteiger partial charge in [-0.05, 0) is 24.1 Å². The Balaban J connectivity index is 1.84. The highest BCUT2D eigenvalue weighted by Crippen LogP contribution is 2.34. The summed E-state index contributed by atoms with van der Waals surface area (Å²) in [7, 11) is 0. The van der Waals surface area contributed by atoms with Gasteiger partial charge in [-0.3, -0.25) is 24.5 Å². The Kier molecular flexibility index (Phi) is 4.08. The van der Waals surface area contributed by atoms with Crippen LogP contribution in [0.5, 0.6) is 0 Å². The van der Waals surface area contributed by atoms with Gasteiger partial charge in [0.25, 0.3) is 5.91 Å². The molecule has 4 amide bonds. The summed E-state index contributed by atoms with van der Waals surface area (Å²) in [6, 6.07) is 4.64. The first-order valence-electron chi connectivity index (χ1n) is 7.15. The first-order valence-corrected chi connectivity index (χ1v) is 8.13. The fraction of sp³-hybridized carbons (Fsp3) is 0.333. The van der Waals surface area contributed by atoms with E-state index in [4.69, 9.17) is 5.73 Å². The molecule has 0 bridgehead atoms. The minimum atomic E-state index is -0.637. The highest BCUT2D eigenvalue weighted by atomic mass is 32.2. The average Bonchev–Trinajstić information content (AvgIpc) is 2.83. The Morgan fingerprint density at radius 3 is 2.83 bits per heavy atom. The SMILES string of the molecule is NC(=O)CSc1cccc2c1CN(C1CCC(=O)NC1=O)C2=O. The number of carbonyl (C=O) groups excluding carboxylic acids is 4. The number of benzene rings is 1. The molecule has 1 atom stereocenters. The summed E-state index contributed by atoms with van der Waals surface area (Å²) in [5, 5.41) is 2.27. The van der Waals surface area contributed by atoms with Crippen LogP contribution in [0.15, 0.2) is 23.1 Å². The van der Waals surface area contributed by atoms with Crippen LogP contribution < -0.4 is 11.1 Å². The van der Waals surface area contributed by atoms with Crippen LogP contribution in [0, 0.1) is 0 Å². The van der Waals surface area contributed by atoms with Gasteiger partial charge in [-0.25, -0.2) is 0 Å². The number of nitrogens with one attached hydrogen (secondary N) is 1. The Morgan fingerprint density at radius 2 is 2.13 bits per heavy atom. The van der Waals surface area contributed by atoms with Gasteiger partial charge in [-0.2, -0.15) is 0 Å². The fourth-order valence-corrected chi connectivity index (χ4v) is 3.66. The van der Waals surface area contributed by atoms with E-state index < -0.39 is 17.9 Å². The largest absolute Gasteiger partial charge is 0.369 e. The fourth-order valence-electron chi connectivity index (χ4n) is 2.84. The maximum absolute atomic E-state index is 12.6. The van der Waals surface area contributed by atoms with Crippen molar-refractivity contribution in [2.75, 3.05) is 5.75 Å². The number of carbonyl (C=O) groups is 4. The molecular weight excluding hydrogens is 318 g/mol. The minimum absolute atomic E-state index is 0.128. The minimum Gasteiger partial charge on any atom is -0.369 e. The van der Waals surface area contributed by atoms with E-state index in [1.54, 1.807) is 12.1 Å². The van der Waals surface area contributed by atoms with Gasteiger partial charge in [-0.1, -0.05) is 6.07 Å². The highest BCUT2D eigenvalue weighted by Gasteiger charge is 2.39. The topological polar surface area (TPSA) is 110 Å². The Morgan fingerprint density at radius 1 is 1.35 bits per heavy atom. The standard InChI is InChI=1S/C15H15N3O4S/c16-12(19)7-23-11-3-1-2-8-9(11)6-18(15(8)22)10-4-5-13(20)17-14(10)21/h1-3,10H,4-7H2,(H2,16,19)(H,17,20,21). The Labute approximate surface area is 136 Å². The van der Waals surface area contributed by atoms with E-state index in [1.165, 1.54) is 16.7 Å². The molecular formula is C15H15N3O4S. The van der Waals surface area contributed by atoms with Gasteiger partial charge in [0.05, 0.1) is 5.75 Å². The van der Waals surface area contributed by atoms with Crippen LogP contribution in [0.2, 0.25) is 0 Å². The first-order chi connectivity index (χ1) is 11.0. The van der Waals surface area contributed by atoms with Gasteiger partial charge >= 0.3 is 0 Å². The van der Waals surface area contributed by atoms with Gasteiger partial charge < -0.3 is 10.6 Å². The predicted molar refractivity (Wildman–Crippen MR) is 82.4 cm³/mol. The van der Waals surface area contributed by atoms with Gasteiger partial charge in [-0.15, -0.1) is 11.8 Å². The van der Waals surface area contributed by atoms with Crippen LogP contribution >= 0.6 is 11.8 Å². The van der Waals surface area contributed by atoms with E-state index in [0.717, 1.165) is 10.5 Å². The number of imide groups is 1. The number of piperidine rings is 1. The molecule has 0 spiro atoms. The van der Waals surface area contributed by atoms with Crippen molar-refractivity contribution < 1.29 is 19.2 Å². The average molecular weight is 333 g/mol. The second kappa shape index (κ2) is 6.04. The van der Waals surface area contributed by atoms with E-state index in [1.807, 2.05) is 6.07 Å². The second-order valence-corrected chi connectivity index (χ2v) is 6.45. The smallest absolute Gasteiger partial charge is 0.255 e.